The molecule has 0 saturated heterocycles. The molecule has 2 unspecified atom stereocenters. The Morgan fingerprint density at radius 1 is 1.30 bits per heavy atom. The Kier molecular flexibility index (Phi) is 5.88. The van der Waals surface area contributed by atoms with E-state index in [-0.39, 0.29) is 17.9 Å². The van der Waals surface area contributed by atoms with Gasteiger partial charge in [0.05, 0.1) is 22.7 Å². The van der Waals surface area contributed by atoms with E-state index in [1.165, 1.54) is 0 Å². The number of carbonyl (C=O) groups is 2. The molecular weight excluding hydrogens is 318 g/mol. The minimum absolute atomic E-state index is 0.0726. The van der Waals surface area contributed by atoms with Crippen molar-refractivity contribution >= 4 is 29.2 Å². The molecule has 23 heavy (non-hydrogen) atoms. The summed E-state index contributed by atoms with van der Waals surface area (Å²) in [7, 11) is 0. The number of hydrogen-bond donors (Lipinski definition) is 2. The summed E-state index contributed by atoms with van der Waals surface area (Å²) >= 11 is 6.15. The molecule has 1 amide bonds. The van der Waals surface area contributed by atoms with Crippen LogP contribution in [-0.2, 0) is 9.59 Å². The Hall–Kier alpha value is -1.75. The highest BCUT2D eigenvalue weighted by molar-refractivity contribution is 6.32. The molecule has 0 aromatic heterocycles. The summed E-state index contributed by atoms with van der Waals surface area (Å²) in [4.78, 5) is 23.6. The molecule has 1 aromatic carbocycles. The van der Waals surface area contributed by atoms with E-state index in [1.54, 1.807) is 18.2 Å². The third-order valence-electron chi connectivity index (χ3n) is 3.97. The van der Waals surface area contributed by atoms with Gasteiger partial charge in [-0.1, -0.05) is 24.1 Å². The predicted molar refractivity (Wildman–Crippen MR) is 88.9 cm³/mol. The van der Waals surface area contributed by atoms with Crippen molar-refractivity contribution < 1.29 is 19.4 Å². The fraction of sp³-hybridized carbons (Fsp3) is 0.529. The zero-order valence-electron chi connectivity index (χ0n) is 13.3. The normalized spacial score (nSPS) is 21.0. The van der Waals surface area contributed by atoms with Crippen molar-refractivity contribution in [2.75, 3.05) is 5.32 Å². The average Bonchev–Trinajstić information content (AvgIpc) is 2.50. The van der Waals surface area contributed by atoms with Crippen molar-refractivity contribution in [2.45, 2.75) is 45.6 Å². The molecule has 0 spiro atoms. The molecule has 1 fully saturated rings. The first-order chi connectivity index (χ1) is 10.9. The van der Waals surface area contributed by atoms with Crippen molar-refractivity contribution in [3.8, 4) is 5.75 Å². The Morgan fingerprint density at radius 2 is 2.00 bits per heavy atom. The summed E-state index contributed by atoms with van der Waals surface area (Å²) in [6.07, 6.45) is 2.40. The van der Waals surface area contributed by atoms with Gasteiger partial charge >= 0.3 is 5.97 Å². The van der Waals surface area contributed by atoms with Crippen LogP contribution in [0.5, 0.6) is 5.75 Å². The molecule has 0 bridgehead atoms. The molecule has 0 radical (unpaired) electrons. The number of carbonyl (C=O) groups excluding carboxylic acids is 1. The fourth-order valence-electron chi connectivity index (χ4n) is 2.85. The number of aliphatic carboxylic acids is 1. The maximum atomic E-state index is 12.5. The van der Waals surface area contributed by atoms with Crippen LogP contribution in [0.1, 0.15) is 39.5 Å². The van der Waals surface area contributed by atoms with Crippen LogP contribution in [0.25, 0.3) is 0 Å². The van der Waals surface area contributed by atoms with E-state index in [1.807, 2.05) is 13.8 Å². The van der Waals surface area contributed by atoms with Crippen molar-refractivity contribution in [3.05, 3.63) is 23.2 Å². The number of hydrogen-bond acceptors (Lipinski definition) is 3. The second-order valence-electron chi connectivity index (χ2n) is 6.17. The molecule has 5 nitrogen and oxygen atoms in total. The number of carboxylic acids is 1. The van der Waals surface area contributed by atoms with Gasteiger partial charge in [-0.25, -0.2) is 0 Å². The van der Waals surface area contributed by atoms with Gasteiger partial charge in [0.1, 0.15) is 0 Å². The number of nitrogens with one attached hydrogen (secondary N) is 1. The highest BCUT2D eigenvalue weighted by atomic mass is 35.5. The summed E-state index contributed by atoms with van der Waals surface area (Å²) in [6, 6.07) is 5.18. The van der Waals surface area contributed by atoms with Crippen molar-refractivity contribution in [1.82, 2.24) is 0 Å². The third-order valence-corrected chi connectivity index (χ3v) is 4.27. The maximum absolute atomic E-state index is 12.5. The second kappa shape index (κ2) is 7.68. The zero-order valence-corrected chi connectivity index (χ0v) is 14.1. The summed E-state index contributed by atoms with van der Waals surface area (Å²) < 4.78 is 5.68. The highest BCUT2D eigenvalue weighted by Crippen LogP contribution is 2.35. The second-order valence-corrected chi connectivity index (χ2v) is 6.58. The Labute approximate surface area is 141 Å². The minimum atomic E-state index is -0.825. The van der Waals surface area contributed by atoms with Gasteiger partial charge in [0.25, 0.3) is 0 Å². The SMILES string of the molecule is CC(C)Oc1c(Cl)cccc1NC(=O)C1CCCC(C(=O)O)C1. The summed E-state index contributed by atoms with van der Waals surface area (Å²) in [6.45, 7) is 3.76. The first kappa shape index (κ1) is 17.6. The number of halogens is 1. The van der Waals surface area contributed by atoms with E-state index in [0.717, 1.165) is 6.42 Å². The Morgan fingerprint density at radius 3 is 2.65 bits per heavy atom. The lowest BCUT2D eigenvalue weighted by Crippen LogP contribution is -2.31. The molecule has 0 heterocycles. The smallest absolute Gasteiger partial charge is 0.306 e. The first-order valence-electron chi connectivity index (χ1n) is 7.87. The van der Waals surface area contributed by atoms with Gasteiger partial charge in [-0.15, -0.1) is 0 Å². The van der Waals surface area contributed by atoms with Crippen LogP contribution in [0.4, 0.5) is 5.69 Å². The van der Waals surface area contributed by atoms with E-state index in [9.17, 15) is 9.59 Å². The molecular formula is C17H22ClNO4. The van der Waals surface area contributed by atoms with Crippen LogP contribution in [0.15, 0.2) is 18.2 Å². The molecule has 1 saturated carbocycles. The zero-order chi connectivity index (χ0) is 17.0. The summed E-state index contributed by atoms with van der Waals surface area (Å²) in [5, 5.41) is 12.4. The number of ether oxygens (including phenoxy) is 1. The predicted octanol–water partition coefficient (Wildman–Crippen LogP) is 3.96. The van der Waals surface area contributed by atoms with Crippen LogP contribution >= 0.6 is 11.6 Å². The van der Waals surface area contributed by atoms with Crippen molar-refractivity contribution in [3.63, 3.8) is 0 Å². The van der Waals surface area contributed by atoms with Crippen LogP contribution < -0.4 is 10.1 Å². The van der Waals surface area contributed by atoms with E-state index >= 15 is 0 Å². The largest absolute Gasteiger partial charge is 0.487 e. The maximum Gasteiger partial charge on any atom is 0.306 e. The van der Waals surface area contributed by atoms with Gasteiger partial charge < -0.3 is 15.2 Å². The lowest BCUT2D eigenvalue weighted by atomic mass is 9.81. The number of para-hydroxylation sites is 1. The van der Waals surface area contributed by atoms with Crippen molar-refractivity contribution in [1.29, 1.82) is 0 Å². The molecule has 126 valence electrons. The third kappa shape index (κ3) is 4.61. The molecule has 6 heteroatoms. The number of anilines is 1. The van der Waals surface area contributed by atoms with Gasteiger partial charge in [0, 0.05) is 5.92 Å². The molecule has 2 rings (SSSR count). The summed E-state index contributed by atoms with van der Waals surface area (Å²) in [5.41, 5.74) is 0.522. The van der Waals surface area contributed by atoms with E-state index in [0.29, 0.717) is 35.7 Å². The molecule has 2 N–H and O–H groups in total. The molecule has 1 aliphatic carbocycles. The first-order valence-corrected chi connectivity index (χ1v) is 8.25. The molecule has 1 aromatic rings. The van der Waals surface area contributed by atoms with Crippen LogP contribution in [0, 0.1) is 11.8 Å². The van der Waals surface area contributed by atoms with E-state index in [4.69, 9.17) is 21.4 Å². The van der Waals surface area contributed by atoms with Crippen LogP contribution in [0.2, 0.25) is 5.02 Å². The highest BCUT2D eigenvalue weighted by Gasteiger charge is 2.31. The standard InChI is InChI=1S/C17H22ClNO4/c1-10(2)23-15-13(18)7-4-8-14(15)19-16(20)11-5-3-6-12(9-11)17(21)22/h4,7-8,10-12H,3,5-6,9H2,1-2H3,(H,19,20)(H,21,22). The van der Waals surface area contributed by atoms with E-state index in [2.05, 4.69) is 5.32 Å². The van der Waals surface area contributed by atoms with E-state index < -0.39 is 11.9 Å². The van der Waals surface area contributed by atoms with Crippen molar-refractivity contribution in [2.24, 2.45) is 11.8 Å². The number of rotatable bonds is 5. The number of carboxylic acid groups (broad SMARTS) is 1. The summed E-state index contributed by atoms with van der Waals surface area (Å²) in [5.74, 6) is -1.29. The lowest BCUT2D eigenvalue weighted by Gasteiger charge is -2.26. The van der Waals surface area contributed by atoms with Gasteiger partial charge in [0.2, 0.25) is 5.91 Å². The van der Waals surface area contributed by atoms with Crippen LogP contribution in [-0.4, -0.2) is 23.1 Å². The fourth-order valence-corrected chi connectivity index (χ4v) is 3.07. The van der Waals surface area contributed by atoms with Gasteiger partial charge in [0.15, 0.2) is 5.75 Å². The topological polar surface area (TPSA) is 75.6 Å². The van der Waals surface area contributed by atoms with Crippen LogP contribution in [0.3, 0.4) is 0 Å². The molecule has 0 aliphatic heterocycles. The Bertz CT molecular complexity index is 588. The van der Waals surface area contributed by atoms with Gasteiger partial charge in [-0.05, 0) is 45.2 Å². The average molecular weight is 340 g/mol. The molecule has 2 atom stereocenters. The minimum Gasteiger partial charge on any atom is -0.487 e. The monoisotopic (exact) mass is 339 g/mol. The quantitative estimate of drug-likeness (QED) is 0.851. The number of benzene rings is 1. The molecule has 1 aliphatic rings. The van der Waals surface area contributed by atoms with Gasteiger partial charge in [-0.2, -0.15) is 0 Å². The number of amides is 1. The Balaban J connectivity index is 2.11. The van der Waals surface area contributed by atoms with Gasteiger partial charge in [-0.3, -0.25) is 9.59 Å². The lowest BCUT2D eigenvalue weighted by molar-refractivity contribution is -0.143.